The van der Waals surface area contributed by atoms with E-state index in [0.717, 1.165) is 70.0 Å². The molecule has 4 rings (SSSR count). The molecular formula is C20H29N5O2. The number of piperazine rings is 1. The van der Waals surface area contributed by atoms with Gasteiger partial charge < -0.3 is 20.4 Å². The van der Waals surface area contributed by atoms with E-state index in [-0.39, 0.29) is 5.91 Å². The predicted molar refractivity (Wildman–Crippen MR) is 105 cm³/mol. The van der Waals surface area contributed by atoms with Gasteiger partial charge in [-0.2, -0.15) is 0 Å². The maximum absolute atomic E-state index is 12.1. The Kier molecular flexibility index (Phi) is 5.57. The van der Waals surface area contributed by atoms with Gasteiger partial charge in [-0.25, -0.2) is 4.98 Å². The molecule has 7 nitrogen and oxygen atoms in total. The average molecular weight is 371 g/mol. The van der Waals surface area contributed by atoms with Crippen molar-refractivity contribution in [1.82, 2.24) is 15.2 Å². The van der Waals surface area contributed by atoms with Crippen LogP contribution in [0, 0.1) is 11.8 Å². The first-order valence-corrected chi connectivity index (χ1v) is 10.2. The molecule has 7 heteroatoms. The summed E-state index contributed by atoms with van der Waals surface area (Å²) in [5.41, 5.74) is 0.746. The van der Waals surface area contributed by atoms with Gasteiger partial charge in [-0.3, -0.25) is 9.59 Å². The van der Waals surface area contributed by atoms with E-state index in [1.165, 1.54) is 6.42 Å². The van der Waals surface area contributed by atoms with Crippen LogP contribution in [-0.2, 0) is 9.59 Å². The lowest BCUT2D eigenvalue weighted by molar-refractivity contribution is -0.132. The molecule has 3 aliphatic rings. The number of nitrogens with zero attached hydrogens (tertiary/aromatic N) is 3. The zero-order valence-electron chi connectivity index (χ0n) is 15.8. The fourth-order valence-electron chi connectivity index (χ4n) is 3.91. The molecule has 27 heavy (non-hydrogen) atoms. The minimum atomic E-state index is 0.0589. The van der Waals surface area contributed by atoms with E-state index in [0.29, 0.717) is 24.2 Å². The number of amides is 2. The summed E-state index contributed by atoms with van der Waals surface area (Å²) < 4.78 is 0. The monoisotopic (exact) mass is 371 g/mol. The van der Waals surface area contributed by atoms with Gasteiger partial charge in [0.25, 0.3) is 0 Å². The summed E-state index contributed by atoms with van der Waals surface area (Å²) >= 11 is 0. The summed E-state index contributed by atoms with van der Waals surface area (Å²) in [5.74, 6) is 2.21. The van der Waals surface area contributed by atoms with Gasteiger partial charge >= 0.3 is 0 Å². The highest BCUT2D eigenvalue weighted by Crippen LogP contribution is 2.31. The molecule has 1 aromatic heterocycles. The van der Waals surface area contributed by atoms with Crippen LogP contribution < -0.4 is 15.5 Å². The fourth-order valence-corrected chi connectivity index (χ4v) is 3.91. The van der Waals surface area contributed by atoms with Crippen molar-refractivity contribution in [2.24, 2.45) is 11.8 Å². The van der Waals surface area contributed by atoms with E-state index >= 15 is 0 Å². The van der Waals surface area contributed by atoms with Crippen molar-refractivity contribution in [3.05, 3.63) is 18.3 Å². The van der Waals surface area contributed by atoms with E-state index in [9.17, 15) is 9.59 Å². The largest absolute Gasteiger partial charge is 0.353 e. The first-order valence-electron chi connectivity index (χ1n) is 10.2. The van der Waals surface area contributed by atoms with Crippen LogP contribution in [0.25, 0.3) is 0 Å². The van der Waals surface area contributed by atoms with E-state index in [4.69, 9.17) is 0 Å². The van der Waals surface area contributed by atoms with E-state index in [2.05, 4.69) is 20.5 Å². The summed E-state index contributed by atoms with van der Waals surface area (Å²) in [4.78, 5) is 32.9. The molecule has 0 aromatic carbocycles. The van der Waals surface area contributed by atoms with Crippen molar-refractivity contribution in [3.8, 4) is 0 Å². The Labute approximate surface area is 160 Å². The molecule has 1 unspecified atom stereocenters. The minimum Gasteiger partial charge on any atom is -0.353 e. The SMILES string of the molecule is O=C(CCC1CCNC1)Nc1ccc(N2CCN(C(=O)C3CC3)CC2)nc1. The number of carbonyl (C=O) groups excluding carboxylic acids is 2. The van der Waals surface area contributed by atoms with E-state index < -0.39 is 0 Å². The number of hydrogen-bond acceptors (Lipinski definition) is 5. The lowest BCUT2D eigenvalue weighted by Crippen LogP contribution is -2.49. The van der Waals surface area contributed by atoms with Gasteiger partial charge in [0.15, 0.2) is 0 Å². The summed E-state index contributed by atoms with van der Waals surface area (Å²) in [6, 6.07) is 3.87. The van der Waals surface area contributed by atoms with Gasteiger partial charge in [0, 0.05) is 38.5 Å². The second-order valence-corrected chi connectivity index (χ2v) is 7.94. The number of rotatable bonds is 6. The van der Waals surface area contributed by atoms with Gasteiger partial charge in [0.05, 0.1) is 11.9 Å². The molecular weight excluding hydrogens is 342 g/mol. The number of carbonyl (C=O) groups is 2. The minimum absolute atomic E-state index is 0.0589. The van der Waals surface area contributed by atoms with Crippen LogP contribution in [0.15, 0.2) is 18.3 Å². The number of aromatic nitrogens is 1. The van der Waals surface area contributed by atoms with Crippen molar-refractivity contribution in [1.29, 1.82) is 0 Å². The lowest BCUT2D eigenvalue weighted by Gasteiger charge is -2.35. The molecule has 0 bridgehead atoms. The third kappa shape index (κ3) is 4.77. The Morgan fingerprint density at radius 3 is 2.59 bits per heavy atom. The summed E-state index contributed by atoms with van der Waals surface area (Å²) in [6.07, 6.45) is 6.52. The normalized spacial score (nSPS) is 22.7. The lowest BCUT2D eigenvalue weighted by atomic mass is 10.0. The standard InChI is InChI=1S/C20H29N5O2/c26-19(6-1-15-7-8-21-13-15)23-17-4-5-18(22-14-17)24-9-11-25(12-10-24)20(27)16-2-3-16/h4-5,14-16,21H,1-3,6-13H2,(H,23,26). The Hall–Kier alpha value is -2.15. The van der Waals surface area contributed by atoms with Crippen LogP contribution in [-0.4, -0.2) is 61.0 Å². The van der Waals surface area contributed by atoms with Gasteiger partial charge in [-0.05, 0) is 56.8 Å². The van der Waals surface area contributed by atoms with Crippen molar-refractivity contribution in [2.45, 2.75) is 32.1 Å². The summed E-state index contributed by atoms with van der Waals surface area (Å²) in [6.45, 7) is 5.26. The second-order valence-electron chi connectivity index (χ2n) is 7.94. The Bertz CT molecular complexity index is 659. The van der Waals surface area contributed by atoms with Gasteiger partial charge in [0.1, 0.15) is 5.82 Å². The van der Waals surface area contributed by atoms with Crippen LogP contribution in [0.1, 0.15) is 32.1 Å². The third-order valence-corrected chi connectivity index (χ3v) is 5.82. The van der Waals surface area contributed by atoms with Crippen molar-refractivity contribution in [2.75, 3.05) is 49.5 Å². The first kappa shape index (κ1) is 18.2. The van der Waals surface area contributed by atoms with Crippen LogP contribution in [0.3, 0.4) is 0 Å². The molecule has 1 atom stereocenters. The molecule has 0 spiro atoms. The zero-order valence-corrected chi connectivity index (χ0v) is 15.8. The molecule has 1 aliphatic carbocycles. The van der Waals surface area contributed by atoms with Crippen LogP contribution in [0.4, 0.5) is 11.5 Å². The third-order valence-electron chi connectivity index (χ3n) is 5.82. The molecule has 2 amide bonds. The van der Waals surface area contributed by atoms with Crippen LogP contribution >= 0.6 is 0 Å². The molecule has 1 saturated carbocycles. The smallest absolute Gasteiger partial charge is 0.225 e. The Morgan fingerprint density at radius 1 is 1.15 bits per heavy atom. The fraction of sp³-hybridized carbons (Fsp3) is 0.650. The van der Waals surface area contributed by atoms with Crippen LogP contribution in [0.2, 0.25) is 0 Å². The molecule has 2 N–H and O–H groups in total. The summed E-state index contributed by atoms with van der Waals surface area (Å²) in [5, 5.41) is 6.28. The average Bonchev–Trinajstić information content (AvgIpc) is 3.42. The van der Waals surface area contributed by atoms with Crippen molar-refractivity contribution < 1.29 is 9.59 Å². The topological polar surface area (TPSA) is 77.6 Å². The van der Waals surface area contributed by atoms with Crippen LogP contribution in [0.5, 0.6) is 0 Å². The number of nitrogens with one attached hydrogen (secondary N) is 2. The molecule has 146 valence electrons. The number of anilines is 2. The molecule has 2 aliphatic heterocycles. The first-order chi connectivity index (χ1) is 13.2. The Morgan fingerprint density at radius 2 is 1.96 bits per heavy atom. The van der Waals surface area contributed by atoms with E-state index in [1.807, 2.05) is 17.0 Å². The highest BCUT2D eigenvalue weighted by Gasteiger charge is 2.34. The predicted octanol–water partition coefficient (Wildman–Crippen LogP) is 1.47. The maximum atomic E-state index is 12.1. The molecule has 2 saturated heterocycles. The maximum Gasteiger partial charge on any atom is 0.225 e. The van der Waals surface area contributed by atoms with Crippen molar-refractivity contribution >= 4 is 23.3 Å². The highest BCUT2D eigenvalue weighted by molar-refractivity contribution is 5.90. The number of pyridine rings is 1. The zero-order chi connectivity index (χ0) is 18.6. The molecule has 1 aromatic rings. The van der Waals surface area contributed by atoms with Gasteiger partial charge in [-0.15, -0.1) is 0 Å². The van der Waals surface area contributed by atoms with E-state index in [1.54, 1.807) is 6.20 Å². The Balaban J connectivity index is 1.22. The van der Waals surface area contributed by atoms with Gasteiger partial charge in [-0.1, -0.05) is 0 Å². The summed E-state index contributed by atoms with van der Waals surface area (Å²) in [7, 11) is 0. The van der Waals surface area contributed by atoms with Gasteiger partial charge in [0.2, 0.25) is 11.8 Å². The highest BCUT2D eigenvalue weighted by atomic mass is 16.2. The molecule has 3 heterocycles. The molecule has 3 fully saturated rings. The quantitative estimate of drug-likeness (QED) is 0.792. The molecule has 0 radical (unpaired) electrons. The van der Waals surface area contributed by atoms with Crippen molar-refractivity contribution in [3.63, 3.8) is 0 Å². The second kappa shape index (κ2) is 8.25. The number of hydrogen-bond donors (Lipinski definition) is 2.